The number of carbonyl (C=O) groups excluding carboxylic acids is 2. The second-order valence-electron chi connectivity index (χ2n) is 11.2. The molecule has 0 aromatic heterocycles. The van der Waals surface area contributed by atoms with E-state index >= 15 is 0 Å². The molecule has 1 N–H and O–H groups in total. The van der Waals surface area contributed by atoms with Crippen molar-refractivity contribution in [2.45, 2.75) is 58.0 Å². The Hall–Kier alpha value is -3.95. The molecule has 0 aliphatic carbocycles. The van der Waals surface area contributed by atoms with Gasteiger partial charge in [-0.3, -0.25) is 13.9 Å². The van der Waals surface area contributed by atoms with Crippen molar-refractivity contribution in [3.05, 3.63) is 129 Å². The number of aryl methyl sites for hydroxylation is 2. The zero-order chi connectivity index (χ0) is 32.6. The molecule has 2 amide bonds. The second-order valence-corrected chi connectivity index (χ2v) is 14.0. The highest BCUT2D eigenvalue weighted by Gasteiger charge is 2.35. The van der Waals surface area contributed by atoms with Crippen LogP contribution in [0.25, 0.3) is 0 Å². The lowest BCUT2D eigenvalue weighted by molar-refractivity contribution is -0.140. The number of nitrogens with one attached hydrogen (secondary N) is 1. The number of benzene rings is 4. The Morgan fingerprint density at radius 1 is 0.822 bits per heavy atom. The predicted octanol–water partition coefficient (Wildman–Crippen LogP) is 6.74. The third kappa shape index (κ3) is 8.61. The third-order valence-electron chi connectivity index (χ3n) is 7.82. The number of hydrogen-bond acceptors (Lipinski definition) is 4. The van der Waals surface area contributed by atoms with Crippen LogP contribution in [0.5, 0.6) is 0 Å². The zero-order valence-corrected chi connectivity index (χ0v) is 28.6. The van der Waals surface area contributed by atoms with Gasteiger partial charge in [-0.15, -0.1) is 0 Å². The molecule has 1 atom stereocenters. The van der Waals surface area contributed by atoms with Crippen LogP contribution in [0, 0.1) is 20.8 Å². The first-order chi connectivity index (χ1) is 21.5. The SMILES string of the molecule is CCCNC(=O)C(Cc1ccccc1)N(Cc1ccc(Br)cc1)C(=O)CN(c1cccc(C)c1C)S(=O)(=O)c1ccc(C)cc1. The lowest BCUT2D eigenvalue weighted by Crippen LogP contribution is -2.53. The molecule has 0 aliphatic rings. The topological polar surface area (TPSA) is 86.8 Å². The minimum atomic E-state index is -4.16. The van der Waals surface area contributed by atoms with Crippen molar-refractivity contribution in [3.8, 4) is 0 Å². The summed E-state index contributed by atoms with van der Waals surface area (Å²) in [6.07, 6.45) is 1.01. The third-order valence-corrected chi connectivity index (χ3v) is 10.1. The summed E-state index contributed by atoms with van der Waals surface area (Å²) in [5.74, 6) is -0.770. The molecule has 9 heteroatoms. The fourth-order valence-corrected chi connectivity index (χ4v) is 6.80. The van der Waals surface area contributed by atoms with Crippen LogP contribution in [0.4, 0.5) is 5.69 Å². The number of carbonyl (C=O) groups is 2. The first kappa shape index (κ1) is 33.9. The quantitative estimate of drug-likeness (QED) is 0.169. The van der Waals surface area contributed by atoms with Crippen LogP contribution >= 0.6 is 15.9 Å². The summed E-state index contributed by atoms with van der Waals surface area (Å²) < 4.78 is 30.6. The van der Waals surface area contributed by atoms with E-state index in [0.29, 0.717) is 12.2 Å². The van der Waals surface area contributed by atoms with Crippen molar-refractivity contribution in [2.75, 3.05) is 17.4 Å². The van der Waals surface area contributed by atoms with E-state index in [2.05, 4.69) is 21.2 Å². The minimum Gasteiger partial charge on any atom is -0.354 e. The maximum Gasteiger partial charge on any atom is 0.264 e. The Labute approximate surface area is 275 Å². The molecule has 0 bridgehead atoms. The standard InChI is InChI=1S/C36H40BrN3O4S/c1-5-22-38-36(42)34(23-29-11-7-6-8-12-29)39(24-30-16-18-31(37)19-17-30)35(41)25-40(33-13-9-10-27(3)28(33)4)45(43,44)32-20-14-26(2)15-21-32/h6-21,34H,5,22-25H2,1-4H3,(H,38,42). The highest BCUT2D eigenvalue weighted by Crippen LogP contribution is 2.29. The van der Waals surface area contributed by atoms with Crippen molar-refractivity contribution >= 4 is 43.5 Å². The lowest BCUT2D eigenvalue weighted by Gasteiger charge is -2.34. The van der Waals surface area contributed by atoms with E-state index in [4.69, 9.17) is 0 Å². The van der Waals surface area contributed by atoms with Gasteiger partial charge in [-0.05, 0) is 79.8 Å². The van der Waals surface area contributed by atoms with Gasteiger partial charge in [0.15, 0.2) is 0 Å². The van der Waals surface area contributed by atoms with E-state index in [1.807, 2.05) is 88.4 Å². The molecule has 236 valence electrons. The largest absolute Gasteiger partial charge is 0.354 e. The van der Waals surface area contributed by atoms with Crippen LogP contribution in [-0.4, -0.2) is 44.3 Å². The molecule has 0 saturated heterocycles. The highest BCUT2D eigenvalue weighted by atomic mass is 79.9. The zero-order valence-electron chi connectivity index (χ0n) is 26.2. The summed E-state index contributed by atoms with van der Waals surface area (Å²) in [6, 6.07) is 28.2. The molecule has 1 unspecified atom stereocenters. The summed E-state index contributed by atoms with van der Waals surface area (Å²) in [5, 5.41) is 2.97. The van der Waals surface area contributed by atoms with Crippen molar-refractivity contribution in [1.29, 1.82) is 0 Å². The van der Waals surface area contributed by atoms with Gasteiger partial charge in [0.1, 0.15) is 12.6 Å². The molecule has 0 heterocycles. The summed E-state index contributed by atoms with van der Waals surface area (Å²) in [4.78, 5) is 29.9. The van der Waals surface area contributed by atoms with Gasteiger partial charge in [0.2, 0.25) is 11.8 Å². The smallest absolute Gasteiger partial charge is 0.264 e. The van der Waals surface area contributed by atoms with Gasteiger partial charge in [-0.1, -0.05) is 95.1 Å². The second kappa shape index (κ2) is 15.4. The normalized spacial score (nSPS) is 11.9. The van der Waals surface area contributed by atoms with E-state index in [9.17, 15) is 18.0 Å². The predicted molar refractivity (Wildman–Crippen MR) is 184 cm³/mol. The molecule has 45 heavy (non-hydrogen) atoms. The van der Waals surface area contributed by atoms with Gasteiger partial charge in [0, 0.05) is 24.0 Å². The molecule has 0 saturated carbocycles. The van der Waals surface area contributed by atoms with Crippen LogP contribution in [0.2, 0.25) is 0 Å². The van der Waals surface area contributed by atoms with Gasteiger partial charge in [0.05, 0.1) is 10.6 Å². The molecule has 0 radical (unpaired) electrons. The lowest BCUT2D eigenvalue weighted by atomic mass is 10.0. The van der Waals surface area contributed by atoms with Gasteiger partial charge in [0.25, 0.3) is 10.0 Å². The Bertz CT molecular complexity index is 1710. The van der Waals surface area contributed by atoms with Crippen LogP contribution in [0.1, 0.15) is 41.2 Å². The molecule has 7 nitrogen and oxygen atoms in total. The number of anilines is 1. The van der Waals surface area contributed by atoms with E-state index in [1.165, 1.54) is 9.21 Å². The Morgan fingerprint density at radius 2 is 1.49 bits per heavy atom. The molecule has 4 aromatic rings. The van der Waals surface area contributed by atoms with Crippen LogP contribution in [-0.2, 0) is 32.6 Å². The summed E-state index contributed by atoms with van der Waals surface area (Å²) in [6.45, 7) is 7.71. The molecular weight excluding hydrogens is 650 g/mol. The van der Waals surface area contributed by atoms with Gasteiger partial charge >= 0.3 is 0 Å². The first-order valence-electron chi connectivity index (χ1n) is 15.0. The maximum atomic E-state index is 14.6. The van der Waals surface area contributed by atoms with E-state index in [1.54, 1.807) is 36.4 Å². The highest BCUT2D eigenvalue weighted by molar-refractivity contribution is 9.10. The Kier molecular flexibility index (Phi) is 11.6. The van der Waals surface area contributed by atoms with E-state index in [-0.39, 0.29) is 23.8 Å². The van der Waals surface area contributed by atoms with Crippen LogP contribution in [0.3, 0.4) is 0 Å². The fourth-order valence-electron chi connectivity index (χ4n) is 5.06. The molecule has 4 aromatic carbocycles. The fraction of sp³-hybridized carbons (Fsp3) is 0.278. The van der Waals surface area contributed by atoms with Crippen LogP contribution in [0.15, 0.2) is 106 Å². The molecule has 0 aliphatic heterocycles. The molecule has 0 fully saturated rings. The van der Waals surface area contributed by atoms with Crippen LogP contribution < -0.4 is 9.62 Å². The number of hydrogen-bond donors (Lipinski definition) is 1. The monoisotopic (exact) mass is 689 g/mol. The van der Waals surface area contributed by atoms with E-state index < -0.39 is 28.5 Å². The average molecular weight is 691 g/mol. The average Bonchev–Trinajstić information content (AvgIpc) is 3.03. The number of amides is 2. The molecule has 4 rings (SSSR count). The summed E-state index contributed by atoms with van der Waals surface area (Å²) in [5.41, 5.74) is 4.70. The number of sulfonamides is 1. The number of halogens is 1. The Morgan fingerprint density at radius 3 is 2.13 bits per heavy atom. The van der Waals surface area contributed by atoms with Gasteiger partial charge < -0.3 is 10.2 Å². The maximum absolute atomic E-state index is 14.6. The number of rotatable bonds is 13. The summed E-state index contributed by atoms with van der Waals surface area (Å²) in [7, 11) is -4.16. The van der Waals surface area contributed by atoms with Gasteiger partial charge in [-0.25, -0.2) is 8.42 Å². The van der Waals surface area contributed by atoms with Crippen molar-refractivity contribution in [1.82, 2.24) is 10.2 Å². The van der Waals surface area contributed by atoms with Crippen molar-refractivity contribution in [3.63, 3.8) is 0 Å². The molecule has 0 spiro atoms. The molecular formula is C36H40BrN3O4S. The summed E-state index contributed by atoms with van der Waals surface area (Å²) >= 11 is 3.47. The van der Waals surface area contributed by atoms with Crippen molar-refractivity contribution < 1.29 is 18.0 Å². The van der Waals surface area contributed by atoms with E-state index in [0.717, 1.165) is 38.7 Å². The Balaban J connectivity index is 1.82. The van der Waals surface area contributed by atoms with Gasteiger partial charge in [-0.2, -0.15) is 0 Å². The minimum absolute atomic E-state index is 0.0859. The van der Waals surface area contributed by atoms with Crippen molar-refractivity contribution in [2.24, 2.45) is 0 Å². The first-order valence-corrected chi connectivity index (χ1v) is 17.3. The number of nitrogens with zero attached hydrogens (tertiary/aromatic N) is 2.